The van der Waals surface area contributed by atoms with Crippen molar-refractivity contribution in [2.75, 3.05) is 11.9 Å². The number of anilines is 1. The second-order valence-electron chi connectivity index (χ2n) is 6.12. The van der Waals surface area contributed by atoms with Crippen molar-refractivity contribution in [3.05, 3.63) is 59.2 Å². The Labute approximate surface area is 158 Å². The molecule has 0 unspecified atom stereocenters. The van der Waals surface area contributed by atoms with Crippen LogP contribution in [0.25, 0.3) is 0 Å². The van der Waals surface area contributed by atoms with Gasteiger partial charge in [0.05, 0.1) is 4.90 Å². The molecule has 0 heterocycles. The van der Waals surface area contributed by atoms with Gasteiger partial charge in [-0.15, -0.1) is 0 Å². The fraction of sp³-hybridized carbons (Fsp3) is 0.263. The van der Waals surface area contributed by atoms with Gasteiger partial charge in [-0.25, -0.2) is 8.42 Å². The molecule has 0 spiro atoms. The second-order valence-corrected chi connectivity index (χ2v) is 7.89. The van der Waals surface area contributed by atoms with Crippen molar-refractivity contribution in [3.8, 4) is 0 Å². The molecule has 0 aliphatic carbocycles. The first-order chi connectivity index (χ1) is 12.7. The number of nitrogens with one attached hydrogen (secondary N) is 2. The molecule has 0 aliphatic heterocycles. The zero-order chi connectivity index (χ0) is 20.0. The largest absolute Gasteiger partial charge is 0.460 e. The number of amides is 1. The van der Waals surface area contributed by atoms with Crippen LogP contribution in [0, 0.1) is 13.8 Å². The SMILES string of the molecule is CC(=O)Nc1ccc(S(=O)(=O)NCC(=O)OCc2cc(C)ccc2C)cc1. The van der Waals surface area contributed by atoms with Gasteiger partial charge in [-0.05, 0) is 49.2 Å². The number of sulfonamides is 1. The van der Waals surface area contributed by atoms with E-state index in [0.717, 1.165) is 16.7 Å². The van der Waals surface area contributed by atoms with Gasteiger partial charge in [0.25, 0.3) is 0 Å². The topological polar surface area (TPSA) is 102 Å². The maximum absolute atomic E-state index is 12.2. The molecule has 1 amide bonds. The van der Waals surface area contributed by atoms with Crippen LogP contribution in [0.15, 0.2) is 47.4 Å². The maximum Gasteiger partial charge on any atom is 0.321 e. The van der Waals surface area contributed by atoms with E-state index in [1.54, 1.807) is 0 Å². The monoisotopic (exact) mass is 390 g/mol. The van der Waals surface area contributed by atoms with Crippen molar-refractivity contribution in [3.63, 3.8) is 0 Å². The lowest BCUT2D eigenvalue weighted by Gasteiger charge is -2.10. The number of esters is 1. The summed E-state index contributed by atoms with van der Waals surface area (Å²) in [5.41, 5.74) is 3.40. The summed E-state index contributed by atoms with van der Waals surface area (Å²) in [5, 5.41) is 2.55. The molecule has 27 heavy (non-hydrogen) atoms. The van der Waals surface area contributed by atoms with Crippen molar-refractivity contribution in [2.24, 2.45) is 0 Å². The molecule has 8 heteroatoms. The van der Waals surface area contributed by atoms with Crippen LogP contribution in [0.1, 0.15) is 23.6 Å². The van der Waals surface area contributed by atoms with Crippen LogP contribution in [-0.2, 0) is 31.0 Å². The van der Waals surface area contributed by atoms with Gasteiger partial charge in [0.1, 0.15) is 13.2 Å². The van der Waals surface area contributed by atoms with Gasteiger partial charge in [-0.3, -0.25) is 9.59 Å². The summed E-state index contributed by atoms with van der Waals surface area (Å²) in [5.74, 6) is -0.926. The fourth-order valence-electron chi connectivity index (χ4n) is 2.32. The molecule has 0 aromatic heterocycles. The van der Waals surface area contributed by atoms with E-state index in [1.165, 1.54) is 31.2 Å². The maximum atomic E-state index is 12.2. The van der Waals surface area contributed by atoms with Gasteiger partial charge < -0.3 is 10.1 Å². The van der Waals surface area contributed by atoms with Crippen LogP contribution in [0.3, 0.4) is 0 Å². The Balaban J connectivity index is 1.91. The van der Waals surface area contributed by atoms with Crippen molar-refractivity contribution >= 4 is 27.6 Å². The van der Waals surface area contributed by atoms with Crippen LogP contribution < -0.4 is 10.0 Å². The molecule has 2 aromatic rings. The van der Waals surface area contributed by atoms with Gasteiger partial charge in [0.2, 0.25) is 15.9 Å². The van der Waals surface area contributed by atoms with Crippen molar-refractivity contribution in [1.29, 1.82) is 0 Å². The van der Waals surface area contributed by atoms with Crippen LogP contribution in [-0.4, -0.2) is 26.8 Å². The van der Waals surface area contributed by atoms with Gasteiger partial charge in [0, 0.05) is 12.6 Å². The summed E-state index contributed by atoms with van der Waals surface area (Å²) in [7, 11) is -3.86. The number of rotatable bonds is 7. The van der Waals surface area contributed by atoms with Crippen LogP contribution >= 0.6 is 0 Å². The fourth-order valence-corrected chi connectivity index (χ4v) is 3.29. The standard InChI is InChI=1S/C19H22N2O5S/c1-13-4-5-14(2)16(10-13)12-26-19(23)11-20-27(24,25)18-8-6-17(7-9-18)21-15(3)22/h4-10,20H,11-12H2,1-3H3,(H,21,22). The Morgan fingerprint density at radius 1 is 1.04 bits per heavy atom. The molecule has 0 bridgehead atoms. The first-order valence-corrected chi connectivity index (χ1v) is 9.75. The molecular formula is C19H22N2O5S. The van der Waals surface area contributed by atoms with Crippen molar-refractivity contribution < 1.29 is 22.7 Å². The van der Waals surface area contributed by atoms with Crippen LogP contribution in [0.5, 0.6) is 0 Å². The smallest absolute Gasteiger partial charge is 0.321 e. The van der Waals surface area contributed by atoms with Crippen molar-refractivity contribution in [1.82, 2.24) is 4.72 Å². The van der Waals surface area contributed by atoms with E-state index < -0.39 is 22.5 Å². The third-order valence-electron chi connectivity index (χ3n) is 3.78. The third-order valence-corrected chi connectivity index (χ3v) is 5.20. The Kier molecular flexibility index (Phi) is 6.70. The normalized spacial score (nSPS) is 11.1. The predicted molar refractivity (Wildman–Crippen MR) is 102 cm³/mol. The number of carbonyl (C=O) groups excluding carboxylic acids is 2. The summed E-state index contributed by atoms with van der Waals surface area (Å²) in [6.45, 7) is 4.82. The third kappa shape index (κ3) is 6.19. The molecule has 0 fully saturated rings. The lowest BCUT2D eigenvalue weighted by molar-refractivity contribution is -0.143. The highest BCUT2D eigenvalue weighted by atomic mass is 32.2. The second kappa shape index (κ2) is 8.79. The molecule has 0 atom stereocenters. The molecule has 0 aliphatic rings. The minimum atomic E-state index is -3.86. The summed E-state index contributed by atoms with van der Waals surface area (Å²) in [6, 6.07) is 11.4. The number of hydrogen-bond acceptors (Lipinski definition) is 5. The molecule has 144 valence electrons. The molecule has 2 aromatic carbocycles. The zero-order valence-corrected chi connectivity index (χ0v) is 16.2. The zero-order valence-electron chi connectivity index (χ0n) is 15.4. The highest BCUT2D eigenvalue weighted by Crippen LogP contribution is 2.14. The summed E-state index contributed by atoms with van der Waals surface area (Å²) < 4.78 is 31.8. The number of hydrogen-bond donors (Lipinski definition) is 2. The quantitative estimate of drug-likeness (QED) is 0.706. The van der Waals surface area contributed by atoms with E-state index >= 15 is 0 Å². The highest BCUT2D eigenvalue weighted by molar-refractivity contribution is 7.89. The Hall–Kier alpha value is -2.71. The molecule has 0 radical (unpaired) electrons. The molecular weight excluding hydrogens is 368 g/mol. The number of ether oxygens (including phenoxy) is 1. The summed E-state index contributed by atoms with van der Waals surface area (Å²) in [6.07, 6.45) is 0. The predicted octanol–water partition coefficient (Wildman–Crippen LogP) is 2.28. The van der Waals surface area contributed by atoms with Gasteiger partial charge >= 0.3 is 5.97 Å². The molecule has 2 rings (SSSR count). The van der Waals surface area contributed by atoms with E-state index in [2.05, 4.69) is 10.0 Å². The molecule has 7 nitrogen and oxygen atoms in total. The number of carbonyl (C=O) groups is 2. The molecule has 0 saturated heterocycles. The Morgan fingerprint density at radius 2 is 1.70 bits per heavy atom. The minimum absolute atomic E-state index is 0.0149. The van der Waals surface area contributed by atoms with Gasteiger partial charge in [-0.2, -0.15) is 4.72 Å². The average molecular weight is 390 g/mol. The first kappa shape index (κ1) is 20.6. The lowest BCUT2D eigenvalue weighted by atomic mass is 10.1. The molecule has 2 N–H and O–H groups in total. The minimum Gasteiger partial charge on any atom is -0.460 e. The first-order valence-electron chi connectivity index (χ1n) is 8.26. The van der Waals surface area contributed by atoms with E-state index in [9.17, 15) is 18.0 Å². The molecule has 0 saturated carbocycles. The van der Waals surface area contributed by atoms with E-state index in [-0.39, 0.29) is 17.4 Å². The highest BCUT2D eigenvalue weighted by Gasteiger charge is 2.16. The van der Waals surface area contributed by atoms with Crippen LogP contribution in [0.4, 0.5) is 5.69 Å². The average Bonchev–Trinajstić information content (AvgIpc) is 2.61. The van der Waals surface area contributed by atoms with Gasteiger partial charge in [0.15, 0.2) is 0 Å². The van der Waals surface area contributed by atoms with E-state index in [4.69, 9.17) is 4.74 Å². The number of benzene rings is 2. The Morgan fingerprint density at radius 3 is 2.33 bits per heavy atom. The van der Waals surface area contributed by atoms with Crippen LogP contribution in [0.2, 0.25) is 0 Å². The van der Waals surface area contributed by atoms with E-state index in [0.29, 0.717) is 5.69 Å². The summed E-state index contributed by atoms with van der Waals surface area (Å²) >= 11 is 0. The van der Waals surface area contributed by atoms with E-state index in [1.807, 2.05) is 32.0 Å². The summed E-state index contributed by atoms with van der Waals surface area (Å²) in [4.78, 5) is 22.8. The lowest BCUT2D eigenvalue weighted by Crippen LogP contribution is -2.30. The number of aryl methyl sites for hydroxylation is 2. The van der Waals surface area contributed by atoms with Crippen molar-refractivity contribution in [2.45, 2.75) is 32.3 Å². The van der Waals surface area contributed by atoms with Gasteiger partial charge in [-0.1, -0.05) is 23.8 Å². The Bertz CT molecular complexity index is 937.